The van der Waals surface area contributed by atoms with Crippen LogP contribution in [0.1, 0.15) is 18.1 Å². The van der Waals surface area contributed by atoms with Crippen LogP contribution in [0.5, 0.6) is 0 Å². The molecule has 1 N–H and O–H groups in total. The Kier molecular flexibility index (Phi) is 5.20. The number of carbonyl (C=O) groups is 1. The Balaban J connectivity index is 2.10. The Morgan fingerprint density at radius 3 is 2.36 bits per heavy atom. The maximum Gasteiger partial charge on any atom is 0.322 e. The van der Waals surface area contributed by atoms with E-state index in [2.05, 4.69) is 0 Å². The van der Waals surface area contributed by atoms with Crippen molar-refractivity contribution in [1.29, 1.82) is 0 Å². The second-order valence-corrected chi connectivity index (χ2v) is 7.59. The van der Waals surface area contributed by atoms with Crippen molar-refractivity contribution in [3.05, 3.63) is 35.4 Å². The summed E-state index contributed by atoms with van der Waals surface area (Å²) in [5.41, 5.74) is 1.88. The minimum atomic E-state index is -3.50. The van der Waals surface area contributed by atoms with Gasteiger partial charge in [-0.1, -0.05) is 31.2 Å². The molecule has 1 aromatic carbocycles. The summed E-state index contributed by atoms with van der Waals surface area (Å²) in [4.78, 5) is 12.9. The van der Waals surface area contributed by atoms with Crippen molar-refractivity contribution in [2.24, 2.45) is 0 Å². The highest BCUT2D eigenvalue weighted by molar-refractivity contribution is 7.88. The van der Waals surface area contributed by atoms with Crippen molar-refractivity contribution in [2.75, 3.05) is 26.7 Å². The van der Waals surface area contributed by atoms with E-state index in [1.807, 2.05) is 31.2 Å². The molecule has 0 aromatic heterocycles. The molecule has 0 spiro atoms. The fraction of sp³-hybridized carbons (Fsp3) is 0.533. The van der Waals surface area contributed by atoms with Gasteiger partial charge in [-0.15, -0.1) is 0 Å². The Labute approximate surface area is 131 Å². The summed E-state index contributed by atoms with van der Waals surface area (Å²) in [5.74, 6) is -1.08. The third-order valence-corrected chi connectivity index (χ3v) is 5.89. The lowest BCUT2D eigenvalue weighted by Crippen LogP contribution is -2.56. The van der Waals surface area contributed by atoms with Gasteiger partial charge in [0, 0.05) is 19.6 Å². The number of sulfonamides is 1. The molecule has 22 heavy (non-hydrogen) atoms. The van der Waals surface area contributed by atoms with E-state index in [1.165, 1.54) is 4.31 Å². The van der Waals surface area contributed by atoms with Gasteiger partial charge in [-0.2, -0.15) is 4.31 Å². The number of carboxylic acid groups (broad SMARTS) is 1. The standard InChI is InChI=1S/C15H22N2O4S/c1-3-12-4-6-13(7-5-12)11-22(20,21)17-9-8-16(2)14(10-17)15(18)19/h4-7,14H,3,8-11H2,1-2H3,(H,18,19). The van der Waals surface area contributed by atoms with E-state index in [-0.39, 0.29) is 12.3 Å². The molecule has 1 unspecified atom stereocenters. The highest BCUT2D eigenvalue weighted by atomic mass is 32.2. The number of rotatable bonds is 5. The Morgan fingerprint density at radius 2 is 1.82 bits per heavy atom. The van der Waals surface area contributed by atoms with Crippen molar-refractivity contribution in [1.82, 2.24) is 9.21 Å². The van der Waals surface area contributed by atoms with E-state index in [0.717, 1.165) is 17.5 Å². The fourth-order valence-corrected chi connectivity index (χ4v) is 4.07. The van der Waals surface area contributed by atoms with E-state index < -0.39 is 22.0 Å². The van der Waals surface area contributed by atoms with Crippen LogP contribution in [0, 0.1) is 0 Å². The number of aliphatic carboxylic acids is 1. The molecule has 7 heteroatoms. The molecule has 1 aliphatic rings. The van der Waals surface area contributed by atoms with Crippen LogP contribution < -0.4 is 0 Å². The monoisotopic (exact) mass is 326 g/mol. The summed E-state index contributed by atoms with van der Waals surface area (Å²) in [5, 5.41) is 9.18. The Bertz CT molecular complexity index is 627. The summed E-state index contributed by atoms with van der Waals surface area (Å²) in [7, 11) is -1.80. The number of carboxylic acids is 1. The maximum atomic E-state index is 12.5. The van der Waals surface area contributed by atoms with Crippen molar-refractivity contribution < 1.29 is 18.3 Å². The van der Waals surface area contributed by atoms with Crippen LogP contribution in [0.4, 0.5) is 0 Å². The first kappa shape index (κ1) is 16.9. The minimum Gasteiger partial charge on any atom is -0.480 e. The van der Waals surface area contributed by atoms with Gasteiger partial charge in [0.05, 0.1) is 5.75 Å². The Hall–Kier alpha value is -1.44. The van der Waals surface area contributed by atoms with Crippen LogP contribution in [0.15, 0.2) is 24.3 Å². The molecule has 1 heterocycles. The van der Waals surface area contributed by atoms with Crippen molar-refractivity contribution >= 4 is 16.0 Å². The third-order valence-electron chi connectivity index (χ3n) is 4.07. The van der Waals surface area contributed by atoms with Crippen LogP contribution in [0.25, 0.3) is 0 Å². The number of benzene rings is 1. The molecule has 122 valence electrons. The largest absolute Gasteiger partial charge is 0.480 e. The molecular formula is C15H22N2O4S. The first-order chi connectivity index (χ1) is 10.3. The average molecular weight is 326 g/mol. The number of likely N-dealkylation sites (N-methyl/N-ethyl adjacent to an activating group) is 1. The van der Waals surface area contributed by atoms with Gasteiger partial charge in [-0.05, 0) is 24.6 Å². The lowest BCUT2D eigenvalue weighted by molar-refractivity contribution is -0.144. The number of aryl methyl sites for hydroxylation is 1. The zero-order chi connectivity index (χ0) is 16.3. The first-order valence-electron chi connectivity index (χ1n) is 7.32. The van der Waals surface area contributed by atoms with Crippen LogP contribution in [0.3, 0.4) is 0 Å². The lowest BCUT2D eigenvalue weighted by Gasteiger charge is -2.36. The molecular weight excluding hydrogens is 304 g/mol. The van der Waals surface area contributed by atoms with Crippen LogP contribution >= 0.6 is 0 Å². The number of hydrogen-bond acceptors (Lipinski definition) is 4. The quantitative estimate of drug-likeness (QED) is 0.865. The van der Waals surface area contributed by atoms with Gasteiger partial charge in [0.1, 0.15) is 6.04 Å². The van der Waals surface area contributed by atoms with E-state index in [0.29, 0.717) is 13.1 Å². The van der Waals surface area contributed by atoms with E-state index in [9.17, 15) is 18.3 Å². The highest BCUT2D eigenvalue weighted by Gasteiger charge is 2.35. The van der Waals surface area contributed by atoms with Crippen molar-refractivity contribution in [3.8, 4) is 0 Å². The maximum absolute atomic E-state index is 12.5. The van der Waals surface area contributed by atoms with Crippen LogP contribution in [0.2, 0.25) is 0 Å². The van der Waals surface area contributed by atoms with E-state index in [4.69, 9.17) is 0 Å². The SMILES string of the molecule is CCc1ccc(CS(=O)(=O)N2CCN(C)C(C(=O)O)C2)cc1. The summed E-state index contributed by atoms with van der Waals surface area (Å²) in [6, 6.07) is 6.71. The van der Waals surface area contributed by atoms with Gasteiger partial charge < -0.3 is 5.11 Å². The molecule has 1 atom stereocenters. The number of piperazine rings is 1. The van der Waals surface area contributed by atoms with Gasteiger partial charge in [-0.25, -0.2) is 8.42 Å². The summed E-state index contributed by atoms with van der Waals surface area (Å²) >= 11 is 0. The van der Waals surface area contributed by atoms with Gasteiger partial charge in [-0.3, -0.25) is 9.69 Å². The highest BCUT2D eigenvalue weighted by Crippen LogP contribution is 2.17. The van der Waals surface area contributed by atoms with E-state index >= 15 is 0 Å². The normalized spacial score (nSPS) is 20.9. The molecule has 1 fully saturated rings. The molecule has 0 saturated carbocycles. The summed E-state index contributed by atoms with van der Waals surface area (Å²) in [6.45, 7) is 2.80. The van der Waals surface area contributed by atoms with Crippen LogP contribution in [-0.4, -0.2) is 61.4 Å². The molecule has 6 nitrogen and oxygen atoms in total. The predicted octanol–water partition coefficient (Wildman–Crippen LogP) is 0.779. The third kappa shape index (κ3) is 3.85. The number of nitrogens with zero attached hydrogens (tertiary/aromatic N) is 2. The number of hydrogen-bond donors (Lipinski definition) is 1. The zero-order valence-corrected chi connectivity index (χ0v) is 13.7. The lowest BCUT2D eigenvalue weighted by atomic mass is 10.1. The molecule has 0 radical (unpaired) electrons. The Morgan fingerprint density at radius 1 is 1.23 bits per heavy atom. The summed E-state index contributed by atoms with van der Waals surface area (Å²) < 4.78 is 26.3. The first-order valence-corrected chi connectivity index (χ1v) is 8.93. The van der Waals surface area contributed by atoms with E-state index in [1.54, 1.807) is 11.9 Å². The van der Waals surface area contributed by atoms with Gasteiger partial charge in [0.25, 0.3) is 0 Å². The smallest absolute Gasteiger partial charge is 0.322 e. The van der Waals surface area contributed by atoms with Crippen molar-refractivity contribution in [3.63, 3.8) is 0 Å². The second-order valence-electron chi connectivity index (χ2n) is 5.62. The zero-order valence-electron chi connectivity index (χ0n) is 12.9. The second kappa shape index (κ2) is 6.76. The van der Waals surface area contributed by atoms with Crippen molar-refractivity contribution in [2.45, 2.75) is 25.1 Å². The molecule has 1 saturated heterocycles. The topological polar surface area (TPSA) is 77.9 Å². The molecule has 0 bridgehead atoms. The van der Waals surface area contributed by atoms with Gasteiger partial charge in [0.2, 0.25) is 10.0 Å². The fourth-order valence-electron chi connectivity index (χ4n) is 2.54. The van der Waals surface area contributed by atoms with Crippen LogP contribution in [-0.2, 0) is 27.0 Å². The molecule has 1 aromatic rings. The molecule has 1 aliphatic heterocycles. The van der Waals surface area contributed by atoms with Gasteiger partial charge >= 0.3 is 5.97 Å². The minimum absolute atomic E-state index is 0.00120. The predicted molar refractivity (Wildman–Crippen MR) is 84.1 cm³/mol. The molecule has 2 rings (SSSR count). The molecule has 0 aliphatic carbocycles. The summed E-state index contributed by atoms with van der Waals surface area (Å²) in [6.07, 6.45) is 0.909. The molecule has 0 amide bonds. The van der Waals surface area contributed by atoms with Gasteiger partial charge in [0.15, 0.2) is 0 Å². The average Bonchev–Trinajstić information content (AvgIpc) is 2.47.